The second kappa shape index (κ2) is 5.02. The van der Waals surface area contributed by atoms with Gasteiger partial charge in [0.2, 0.25) is 0 Å². The van der Waals surface area contributed by atoms with Gasteiger partial charge in [-0.15, -0.1) is 11.8 Å². The van der Waals surface area contributed by atoms with E-state index in [0.29, 0.717) is 0 Å². The van der Waals surface area contributed by atoms with Gasteiger partial charge in [0.15, 0.2) is 5.76 Å². The number of hydrogen-bond acceptors (Lipinski definition) is 3. The summed E-state index contributed by atoms with van der Waals surface area (Å²) in [4.78, 5) is 1.15. The first-order valence-electron chi connectivity index (χ1n) is 6.04. The zero-order valence-corrected chi connectivity index (χ0v) is 11.7. The van der Waals surface area contributed by atoms with Gasteiger partial charge < -0.3 is 9.15 Å². The number of fused-ring (bicyclic) bond motifs is 1. The van der Waals surface area contributed by atoms with Crippen LogP contribution in [0.5, 0.6) is 5.75 Å². The molecule has 0 saturated heterocycles. The fraction of sp³-hybridized carbons (Fsp3) is 0.125. The average molecular weight is 270 g/mol. The minimum atomic E-state index is 0.830. The lowest BCUT2D eigenvalue weighted by molar-refractivity contribution is 0.415. The number of hydrogen-bond donors (Lipinski definition) is 0. The molecule has 2 nitrogen and oxygen atoms in total. The molecule has 2 aromatic carbocycles. The first-order chi connectivity index (χ1) is 9.35. The number of furan rings is 1. The van der Waals surface area contributed by atoms with Gasteiger partial charge in [-0.05, 0) is 30.5 Å². The highest BCUT2D eigenvalue weighted by Crippen LogP contribution is 2.42. The SMILES string of the molecule is COc1ccccc1-c1oc2ccccc2c1SC. The van der Waals surface area contributed by atoms with E-state index in [0.717, 1.165) is 32.9 Å². The van der Waals surface area contributed by atoms with E-state index in [4.69, 9.17) is 9.15 Å². The number of rotatable bonds is 3. The summed E-state index contributed by atoms with van der Waals surface area (Å²) in [6.07, 6.45) is 2.07. The third-order valence-corrected chi connectivity index (χ3v) is 3.92. The lowest BCUT2D eigenvalue weighted by Gasteiger charge is -2.06. The van der Waals surface area contributed by atoms with Crippen molar-refractivity contribution >= 4 is 22.7 Å². The Labute approximate surface area is 116 Å². The van der Waals surface area contributed by atoms with Gasteiger partial charge in [-0.2, -0.15) is 0 Å². The van der Waals surface area contributed by atoms with Crippen LogP contribution in [0, 0.1) is 0 Å². The van der Waals surface area contributed by atoms with E-state index in [2.05, 4.69) is 12.3 Å². The second-order valence-corrected chi connectivity index (χ2v) is 4.98. The smallest absolute Gasteiger partial charge is 0.152 e. The van der Waals surface area contributed by atoms with Crippen molar-refractivity contribution < 1.29 is 9.15 Å². The molecular formula is C16H14O2S. The lowest BCUT2D eigenvalue weighted by Crippen LogP contribution is -1.86. The molecule has 96 valence electrons. The molecule has 0 bridgehead atoms. The summed E-state index contributed by atoms with van der Waals surface area (Å²) in [5.74, 6) is 1.71. The molecule has 0 aliphatic heterocycles. The monoisotopic (exact) mass is 270 g/mol. The molecule has 0 atom stereocenters. The van der Waals surface area contributed by atoms with Crippen molar-refractivity contribution in [2.75, 3.05) is 13.4 Å². The molecule has 19 heavy (non-hydrogen) atoms. The molecule has 3 heteroatoms. The first-order valence-corrected chi connectivity index (χ1v) is 7.26. The van der Waals surface area contributed by atoms with E-state index in [9.17, 15) is 0 Å². The van der Waals surface area contributed by atoms with E-state index in [1.807, 2.05) is 42.5 Å². The maximum absolute atomic E-state index is 6.02. The molecule has 3 rings (SSSR count). The predicted octanol–water partition coefficient (Wildman–Crippen LogP) is 4.83. The van der Waals surface area contributed by atoms with Crippen molar-refractivity contribution in [2.45, 2.75) is 4.90 Å². The number of thioether (sulfide) groups is 1. The van der Waals surface area contributed by atoms with Crippen LogP contribution in [0.2, 0.25) is 0 Å². The standard InChI is InChI=1S/C16H14O2S/c1-17-13-9-5-3-7-11(13)15-16(19-2)12-8-4-6-10-14(12)18-15/h3-10H,1-2H3. The summed E-state index contributed by atoms with van der Waals surface area (Å²) in [5.41, 5.74) is 1.90. The Hall–Kier alpha value is -1.87. The molecule has 1 aromatic heterocycles. The van der Waals surface area contributed by atoms with Gasteiger partial charge in [-0.3, -0.25) is 0 Å². The fourth-order valence-corrected chi connectivity index (χ4v) is 2.96. The van der Waals surface area contributed by atoms with Crippen LogP contribution in [0.4, 0.5) is 0 Å². The van der Waals surface area contributed by atoms with E-state index in [1.54, 1.807) is 18.9 Å². The van der Waals surface area contributed by atoms with E-state index < -0.39 is 0 Å². The summed E-state index contributed by atoms with van der Waals surface area (Å²) in [5, 5.41) is 1.15. The minimum Gasteiger partial charge on any atom is -0.496 e. The Morgan fingerprint density at radius 1 is 1.00 bits per heavy atom. The Morgan fingerprint density at radius 3 is 2.53 bits per heavy atom. The third-order valence-electron chi connectivity index (χ3n) is 3.11. The normalized spacial score (nSPS) is 10.8. The quantitative estimate of drug-likeness (QED) is 0.636. The highest BCUT2D eigenvalue weighted by Gasteiger charge is 2.17. The maximum Gasteiger partial charge on any atom is 0.152 e. The van der Waals surface area contributed by atoms with Gasteiger partial charge in [0, 0.05) is 5.39 Å². The van der Waals surface area contributed by atoms with Crippen molar-refractivity contribution in [1.82, 2.24) is 0 Å². The molecule has 0 aliphatic carbocycles. The van der Waals surface area contributed by atoms with E-state index >= 15 is 0 Å². The lowest BCUT2D eigenvalue weighted by atomic mass is 10.1. The molecule has 0 saturated carbocycles. The van der Waals surface area contributed by atoms with Gasteiger partial charge in [0.1, 0.15) is 11.3 Å². The van der Waals surface area contributed by atoms with Crippen molar-refractivity contribution in [3.8, 4) is 17.1 Å². The van der Waals surface area contributed by atoms with Gasteiger partial charge in [-0.25, -0.2) is 0 Å². The average Bonchev–Trinajstić information content (AvgIpc) is 2.85. The first kappa shape index (κ1) is 12.2. The summed E-state index contributed by atoms with van der Waals surface area (Å²) >= 11 is 1.70. The summed E-state index contributed by atoms with van der Waals surface area (Å²) < 4.78 is 11.4. The van der Waals surface area contributed by atoms with Gasteiger partial charge in [-0.1, -0.05) is 24.3 Å². The molecule has 0 fully saturated rings. The van der Waals surface area contributed by atoms with Crippen molar-refractivity contribution in [2.24, 2.45) is 0 Å². The van der Waals surface area contributed by atoms with Crippen LogP contribution in [0.3, 0.4) is 0 Å². The van der Waals surface area contributed by atoms with Crippen LogP contribution in [-0.4, -0.2) is 13.4 Å². The highest BCUT2D eigenvalue weighted by atomic mass is 32.2. The molecule has 0 spiro atoms. The zero-order valence-electron chi connectivity index (χ0n) is 10.8. The molecule has 0 N–H and O–H groups in total. The summed E-state index contributed by atoms with van der Waals surface area (Å²) in [6.45, 7) is 0. The number of ether oxygens (including phenoxy) is 1. The summed E-state index contributed by atoms with van der Waals surface area (Å²) in [6, 6.07) is 16.0. The molecule has 1 heterocycles. The van der Waals surface area contributed by atoms with Gasteiger partial charge >= 0.3 is 0 Å². The number of para-hydroxylation sites is 2. The van der Waals surface area contributed by atoms with Crippen LogP contribution in [0.1, 0.15) is 0 Å². The van der Waals surface area contributed by atoms with Crippen LogP contribution in [-0.2, 0) is 0 Å². The Kier molecular flexibility index (Phi) is 3.22. The predicted molar refractivity (Wildman–Crippen MR) is 80.0 cm³/mol. The van der Waals surface area contributed by atoms with Crippen molar-refractivity contribution in [3.05, 3.63) is 48.5 Å². The number of methoxy groups -OCH3 is 1. The largest absolute Gasteiger partial charge is 0.496 e. The number of benzene rings is 2. The Morgan fingerprint density at radius 2 is 1.74 bits per heavy atom. The van der Waals surface area contributed by atoms with Crippen LogP contribution < -0.4 is 4.74 Å². The molecule has 3 aromatic rings. The molecule has 0 aliphatic rings. The summed E-state index contributed by atoms with van der Waals surface area (Å²) in [7, 11) is 1.68. The third kappa shape index (κ3) is 2.00. The van der Waals surface area contributed by atoms with Gasteiger partial charge in [0.05, 0.1) is 17.6 Å². The van der Waals surface area contributed by atoms with Crippen molar-refractivity contribution in [3.63, 3.8) is 0 Å². The Balaban J connectivity index is 2.30. The topological polar surface area (TPSA) is 22.4 Å². The van der Waals surface area contributed by atoms with E-state index in [1.165, 1.54) is 0 Å². The molecular weight excluding hydrogens is 256 g/mol. The molecule has 0 unspecified atom stereocenters. The van der Waals surface area contributed by atoms with Crippen molar-refractivity contribution in [1.29, 1.82) is 0 Å². The maximum atomic E-state index is 6.02. The van der Waals surface area contributed by atoms with Crippen LogP contribution >= 0.6 is 11.8 Å². The molecule has 0 radical (unpaired) electrons. The van der Waals surface area contributed by atoms with E-state index in [-0.39, 0.29) is 0 Å². The minimum absolute atomic E-state index is 0.830. The van der Waals surface area contributed by atoms with Gasteiger partial charge in [0.25, 0.3) is 0 Å². The highest BCUT2D eigenvalue weighted by molar-refractivity contribution is 7.99. The second-order valence-electron chi connectivity index (χ2n) is 4.16. The Bertz CT molecular complexity index is 716. The molecule has 0 amide bonds. The fourth-order valence-electron chi connectivity index (χ4n) is 2.23. The zero-order chi connectivity index (χ0) is 13.2. The van der Waals surface area contributed by atoms with Crippen LogP contribution in [0.25, 0.3) is 22.3 Å². The van der Waals surface area contributed by atoms with Crippen LogP contribution in [0.15, 0.2) is 57.8 Å².